The Morgan fingerprint density at radius 1 is 0.882 bits per heavy atom. The molecule has 4 rings (SSSR count). The maximum atomic E-state index is 11.9. The van der Waals surface area contributed by atoms with Crippen molar-refractivity contribution in [1.29, 1.82) is 0 Å². The summed E-state index contributed by atoms with van der Waals surface area (Å²) in [6, 6.07) is 14.0. The van der Waals surface area contributed by atoms with E-state index in [0.29, 0.717) is 5.69 Å². The molecular formula is C14H8N2O. The van der Waals surface area contributed by atoms with Crippen molar-refractivity contribution in [2.24, 2.45) is 0 Å². The van der Waals surface area contributed by atoms with Gasteiger partial charge in [0.1, 0.15) is 6.20 Å². The van der Waals surface area contributed by atoms with Crippen molar-refractivity contribution in [3.05, 3.63) is 53.9 Å². The number of benzene rings is 2. The number of nitrogens with zero attached hydrogens (tertiary/aromatic N) is 2. The normalized spacial score (nSPS) is 11.8. The molecule has 0 radical (unpaired) electrons. The summed E-state index contributed by atoms with van der Waals surface area (Å²) in [5.41, 5.74) is 3.89. The predicted molar refractivity (Wildman–Crippen MR) is 65.1 cm³/mol. The second-order valence-corrected chi connectivity index (χ2v) is 4.18. The van der Waals surface area contributed by atoms with Crippen LogP contribution in [0.25, 0.3) is 33.2 Å². The molecule has 2 aromatic carbocycles. The van der Waals surface area contributed by atoms with Crippen molar-refractivity contribution >= 4 is 10.8 Å². The van der Waals surface area contributed by atoms with E-state index in [4.69, 9.17) is 0 Å². The molecule has 3 nitrogen and oxygen atoms in total. The zero-order chi connectivity index (χ0) is 11.4. The lowest BCUT2D eigenvalue weighted by Gasteiger charge is -2.00. The molecule has 0 N–H and O–H groups in total. The Bertz CT molecular complexity index is 765. The Labute approximate surface area is 97.5 Å². The molecule has 3 aromatic rings. The summed E-state index contributed by atoms with van der Waals surface area (Å²) in [5.74, 6) is 0. The van der Waals surface area contributed by atoms with E-state index < -0.39 is 0 Å². The molecule has 3 heteroatoms. The lowest BCUT2D eigenvalue weighted by molar-refractivity contribution is -0.656. The predicted octanol–water partition coefficient (Wildman–Crippen LogP) is 2.52. The standard InChI is InChI=1S/C14H8N2O/c17-16-14-12-6-2-1-5-10(12)11-7-3-4-9(8-15-16)13(11)14/h1-8H. The SMILES string of the molecule is [O-][n+]1ncc2cccc3c2c1-c1ccccc1-3. The van der Waals surface area contributed by atoms with Gasteiger partial charge in [-0.05, 0) is 22.0 Å². The average Bonchev–Trinajstić information content (AvgIpc) is 2.71. The van der Waals surface area contributed by atoms with E-state index in [2.05, 4.69) is 11.2 Å². The minimum Gasteiger partial charge on any atom is -0.594 e. The molecule has 1 heterocycles. The highest BCUT2D eigenvalue weighted by atomic mass is 16.5. The van der Waals surface area contributed by atoms with Crippen molar-refractivity contribution in [1.82, 2.24) is 5.10 Å². The highest BCUT2D eigenvalue weighted by molar-refractivity contribution is 6.12. The van der Waals surface area contributed by atoms with Crippen molar-refractivity contribution in [3.63, 3.8) is 0 Å². The molecule has 80 valence electrons. The second-order valence-electron chi connectivity index (χ2n) is 4.18. The van der Waals surface area contributed by atoms with Gasteiger partial charge in [0.05, 0.1) is 10.9 Å². The number of hydrogen-bond acceptors (Lipinski definition) is 2. The van der Waals surface area contributed by atoms with Gasteiger partial charge in [-0.1, -0.05) is 36.4 Å². The molecular weight excluding hydrogens is 212 g/mol. The first-order valence-corrected chi connectivity index (χ1v) is 5.47. The first kappa shape index (κ1) is 8.70. The van der Waals surface area contributed by atoms with Crippen LogP contribution in [0.5, 0.6) is 0 Å². The molecule has 0 atom stereocenters. The fraction of sp³-hybridized carbons (Fsp3) is 0. The molecule has 0 bridgehead atoms. The molecule has 0 saturated heterocycles. The average molecular weight is 220 g/mol. The quantitative estimate of drug-likeness (QED) is 0.337. The number of rotatable bonds is 0. The third-order valence-electron chi connectivity index (χ3n) is 3.30. The summed E-state index contributed by atoms with van der Waals surface area (Å²) >= 11 is 0. The van der Waals surface area contributed by atoms with Gasteiger partial charge in [-0.25, -0.2) is 0 Å². The van der Waals surface area contributed by atoms with Crippen LogP contribution in [0.3, 0.4) is 0 Å². The summed E-state index contributed by atoms with van der Waals surface area (Å²) in [7, 11) is 0. The molecule has 0 fully saturated rings. The van der Waals surface area contributed by atoms with Crippen LogP contribution in [0.15, 0.2) is 48.7 Å². The lowest BCUT2D eigenvalue weighted by atomic mass is 10.1. The maximum absolute atomic E-state index is 11.9. The van der Waals surface area contributed by atoms with E-state index >= 15 is 0 Å². The van der Waals surface area contributed by atoms with Crippen molar-refractivity contribution in [2.75, 3.05) is 0 Å². The second kappa shape index (κ2) is 2.83. The Kier molecular flexibility index (Phi) is 1.45. The van der Waals surface area contributed by atoms with Crippen LogP contribution in [0, 0.1) is 5.21 Å². The van der Waals surface area contributed by atoms with Gasteiger partial charge < -0.3 is 5.21 Å². The Morgan fingerprint density at radius 2 is 1.65 bits per heavy atom. The zero-order valence-corrected chi connectivity index (χ0v) is 8.92. The van der Waals surface area contributed by atoms with Gasteiger partial charge in [0.25, 0.3) is 5.69 Å². The molecule has 1 aliphatic carbocycles. The van der Waals surface area contributed by atoms with E-state index in [0.717, 1.165) is 32.3 Å². The topological polar surface area (TPSA) is 39.8 Å². The van der Waals surface area contributed by atoms with Gasteiger partial charge >= 0.3 is 0 Å². The Morgan fingerprint density at radius 3 is 2.53 bits per heavy atom. The number of aromatic nitrogens is 2. The van der Waals surface area contributed by atoms with Gasteiger partial charge in [-0.3, -0.25) is 0 Å². The fourth-order valence-corrected chi connectivity index (χ4v) is 2.60. The van der Waals surface area contributed by atoms with Crippen LogP contribution in [0.2, 0.25) is 0 Å². The first-order chi connectivity index (χ1) is 8.36. The van der Waals surface area contributed by atoms with Crippen LogP contribution < -0.4 is 4.85 Å². The lowest BCUT2D eigenvalue weighted by Crippen LogP contribution is -2.33. The van der Waals surface area contributed by atoms with Crippen molar-refractivity contribution < 1.29 is 4.85 Å². The molecule has 0 unspecified atom stereocenters. The summed E-state index contributed by atoms with van der Waals surface area (Å²) in [5, 5.41) is 17.8. The molecule has 0 amide bonds. The third kappa shape index (κ3) is 0.959. The van der Waals surface area contributed by atoms with Crippen molar-refractivity contribution in [3.8, 4) is 22.4 Å². The van der Waals surface area contributed by atoms with Gasteiger partial charge in [0.15, 0.2) is 0 Å². The van der Waals surface area contributed by atoms with Gasteiger partial charge in [0, 0.05) is 10.5 Å². The molecule has 0 saturated carbocycles. The van der Waals surface area contributed by atoms with E-state index in [1.165, 1.54) is 0 Å². The van der Waals surface area contributed by atoms with Gasteiger partial charge in [-0.15, -0.1) is 0 Å². The summed E-state index contributed by atoms with van der Waals surface area (Å²) < 4.78 is 0. The summed E-state index contributed by atoms with van der Waals surface area (Å²) in [4.78, 5) is 0.720. The largest absolute Gasteiger partial charge is 0.594 e. The molecule has 1 aliphatic rings. The van der Waals surface area contributed by atoms with Crippen LogP contribution in [-0.2, 0) is 0 Å². The zero-order valence-electron chi connectivity index (χ0n) is 8.92. The van der Waals surface area contributed by atoms with Crippen LogP contribution in [0.1, 0.15) is 0 Å². The minimum absolute atomic E-state index is 0.675. The molecule has 0 spiro atoms. The van der Waals surface area contributed by atoms with Gasteiger partial charge in [0.2, 0.25) is 0 Å². The maximum Gasteiger partial charge on any atom is 0.261 e. The van der Waals surface area contributed by atoms with Crippen LogP contribution >= 0.6 is 0 Å². The highest BCUT2D eigenvalue weighted by Gasteiger charge is 2.28. The van der Waals surface area contributed by atoms with Crippen molar-refractivity contribution in [2.45, 2.75) is 0 Å². The van der Waals surface area contributed by atoms with E-state index in [1.807, 2.05) is 36.4 Å². The van der Waals surface area contributed by atoms with Crippen LogP contribution in [0.4, 0.5) is 0 Å². The minimum atomic E-state index is 0.675. The van der Waals surface area contributed by atoms with E-state index in [9.17, 15) is 5.21 Å². The first-order valence-electron chi connectivity index (χ1n) is 5.47. The summed E-state index contributed by atoms with van der Waals surface area (Å²) in [6.07, 6.45) is 1.63. The Balaban J connectivity index is 2.33. The Hall–Kier alpha value is -2.42. The van der Waals surface area contributed by atoms with Gasteiger partial charge in [-0.2, -0.15) is 0 Å². The molecule has 0 aliphatic heterocycles. The molecule has 17 heavy (non-hydrogen) atoms. The monoisotopic (exact) mass is 220 g/mol. The number of hydrogen-bond donors (Lipinski definition) is 0. The van der Waals surface area contributed by atoms with Crippen LogP contribution in [-0.4, -0.2) is 5.10 Å². The fourth-order valence-electron chi connectivity index (χ4n) is 2.60. The molecule has 1 aromatic heterocycles. The number of fused-ring (bicyclic) bond motifs is 3. The van der Waals surface area contributed by atoms with E-state index in [1.54, 1.807) is 6.20 Å². The summed E-state index contributed by atoms with van der Waals surface area (Å²) in [6.45, 7) is 0. The smallest absolute Gasteiger partial charge is 0.261 e. The highest BCUT2D eigenvalue weighted by Crippen LogP contribution is 2.44. The third-order valence-corrected chi connectivity index (χ3v) is 3.30. The van der Waals surface area contributed by atoms with E-state index in [-0.39, 0.29) is 0 Å².